The highest BCUT2D eigenvalue weighted by Crippen LogP contribution is 2.11. The van der Waals surface area contributed by atoms with Crippen molar-refractivity contribution in [2.75, 3.05) is 26.4 Å². The molecule has 0 aromatic heterocycles. The largest absolute Gasteiger partial charge is 0.394 e. The van der Waals surface area contributed by atoms with Crippen LogP contribution in [0, 0.1) is 0 Å². The minimum atomic E-state index is -0.0318. The Balaban J connectivity index is 2.21. The third kappa shape index (κ3) is 6.41. The number of aliphatic hydroxyl groups excluding tert-OH is 1. The van der Waals surface area contributed by atoms with Crippen LogP contribution in [0.2, 0.25) is 0 Å². The van der Waals surface area contributed by atoms with E-state index < -0.39 is 0 Å². The molecule has 0 fully saturated rings. The Hall–Kier alpha value is -0.910. The zero-order valence-electron chi connectivity index (χ0n) is 9.49. The van der Waals surface area contributed by atoms with Gasteiger partial charge < -0.3 is 15.2 Å². The quantitative estimate of drug-likeness (QED) is 0.742. The number of benzene rings is 1. The monoisotopic (exact) mass is 301 g/mol. The number of rotatable bonds is 7. The normalized spacial score (nSPS) is 10.2. The summed E-state index contributed by atoms with van der Waals surface area (Å²) in [5, 5.41) is 11.2. The molecule has 1 rings (SSSR count). The van der Waals surface area contributed by atoms with Gasteiger partial charge in [0.2, 0.25) is 5.91 Å². The molecule has 0 saturated heterocycles. The molecule has 1 aromatic carbocycles. The Morgan fingerprint density at radius 1 is 1.41 bits per heavy atom. The highest BCUT2D eigenvalue weighted by atomic mass is 79.9. The zero-order chi connectivity index (χ0) is 12.5. The molecule has 0 radical (unpaired) electrons. The lowest BCUT2D eigenvalue weighted by Crippen LogP contribution is -2.28. The second-order valence-corrected chi connectivity index (χ2v) is 4.41. The van der Waals surface area contributed by atoms with Gasteiger partial charge in [0.25, 0.3) is 0 Å². The summed E-state index contributed by atoms with van der Waals surface area (Å²) in [4.78, 5) is 11.5. The number of ether oxygens (including phenoxy) is 1. The van der Waals surface area contributed by atoms with Crippen molar-refractivity contribution in [3.8, 4) is 0 Å². The van der Waals surface area contributed by atoms with Gasteiger partial charge in [0.05, 0.1) is 26.2 Å². The first kappa shape index (κ1) is 14.2. The van der Waals surface area contributed by atoms with Crippen LogP contribution in [0.3, 0.4) is 0 Å². The fraction of sp³-hybridized carbons (Fsp3) is 0.417. The Kier molecular flexibility index (Phi) is 6.84. The number of hydrogen-bond donors (Lipinski definition) is 2. The van der Waals surface area contributed by atoms with Crippen molar-refractivity contribution in [3.63, 3.8) is 0 Å². The smallest absolute Gasteiger partial charge is 0.224 e. The molecule has 1 aromatic rings. The van der Waals surface area contributed by atoms with E-state index >= 15 is 0 Å². The van der Waals surface area contributed by atoms with Crippen LogP contribution in [0.5, 0.6) is 0 Å². The second-order valence-electron chi connectivity index (χ2n) is 3.49. The lowest BCUT2D eigenvalue weighted by molar-refractivity contribution is -0.120. The molecular weight excluding hydrogens is 286 g/mol. The SMILES string of the molecule is O=C(Cc1cccc(Br)c1)NCCOCCO. The molecule has 0 aliphatic carbocycles. The average molecular weight is 302 g/mol. The number of halogens is 1. The molecule has 0 aliphatic rings. The lowest BCUT2D eigenvalue weighted by atomic mass is 10.1. The van der Waals surface area contributed by atoms with Crippen molar-refractivity contribution in [1.82, 2.24) is 5.32 Å². The van der Waals surface area contributed by atoms with Gasteiger partial charge in [-0.3, -0.25) is 4.79 Å². The highest BCUT2D eigenvalue weighted by Gasteiger charge is 2.02. The van der Waals surface area contributed by atoms with E-state index in [1.165, 1.54) is 0 Å². The number of carbonyl (C=O) groups is 1. The highest BCUT2D eigenvalue weighted by molar-refractivity contribution is 9.10. The first-order chi connectivity index (χ1) is 8.22. The fourth-order valence-corrected chi connectivity index (χ4v) is 1.77. The van der Waals surface area contributed by atoms with Gasteiger partial charge in [0.15, 0.2) is 0 Å². The molecule has 94 valence electrons. The van der Waals surface area contributed by atoms with Gasteiger partial charge in [-0.1, -0.05) is 28.1 Å². The summed E-state index contributed by atoms with van der Waals surface area (Å²) in [6, 6.07) is 7.65. The van der Waals surface area contributed by atoms with Crippen molar-refractivity contribution < 1.29 is 14.6 Å². The van der Waals surface area contributed by atoms with Crippen LogP contribution in [-0.2, 0) is 16.0 Å². The summed E-state index contributed by atoms with van der Waals surface area (Å²) >= 11 is 3.36. The average Bonchev–Trinajstić information content (AvgIpc) is 2.29. The first-order valence-corrected chi connectivity index (χ1v) is 6.21. The van der Waals surface area contributed by atoms with Gasteiger partial charge in [-0.15, -0.1) is 0 Å². The summed E-state index contributed by atoms with van der Waals surface area (Å²) in [5.74, 6) is -0.0318. The van der Waals surface area contributed by atoms with Crippen LogP contribution in [0.1, 0.15) is 5.56 Å². The lowest BCUT2D eigenvalue weighted by Gasteiger charge is -2.06. The Morgan fingerprint density at radius 3 is 2.94 bits per heavy atom. The van der Waals surface area contributed by atoms with E-state index in [1.54, 1.807) is 0 Å². The molecule has 0 atom stereocenters. The standard InChI is InChI=1S/C12H16BrNO3/c13-11-3-1-2-10(8-11)9-12(16)14-4-6-17-7-5-15/h1-3,8,15H,4-7,9H2,(H,14,16). The van der Waals surface area contributed by atoms with Crippen molar-refractivity contribution in [1.29, 1.82) is 0 Å². The van der Waals surface area contributed by atoms with Gasteiger partial charge in [-0.2, -0.15) is 0 Å². The number of carbonyl (C=O) groups excluding carboxylic acids is 1. The Morgan fingerprint density at radius 2 is 2.24 bits per heavy atom. The van der Waals surface area contributed by atoms with E-state index in [0.717, 1.165) is 10.0 Å². The van der Waals surface area contributed by atoms with Gasteiger partial charge in [0, 0.05) is 11.0 Å². The third-order valence-corrected chi connectivity index (χ3v) is 2.55. The van der Waals surface area contributed by atoms with Crippen molar-refractivity contribution in [2.24, 2.45) is 0 Å². The topological polar surface area (TPSA) is 58.6 Å². The fourth-order valence-electron chi connectivity index (χ4n) is 1.32. The minimum Gasteiger partial charge on any atom is -0.394 e. The Bertz CT molecular complexity index is 357. The molecule has 0 unspecified atom stereocenters. The molecule has 0 saturated carbocycles. The predicted molar refractivity (Wildman–Crippen MR) is 68.8 cm³/mol. The van der Waals surface area contributed by atoms with Crippen LogP contribution in [0.15, 0.2) is 28.7 Å². The van der Waals surface area contributed by atoms with Crippen LogP contribution in [-0.4, -0.2) is 37.4 Å². The molecule has 0 spiro atoms. The molecule has 0 aliphatic heterocycles. The van der Waals surface area contributed by atoms with Crippen molar-refractivity contribution >= 4 is 21.8 Å². The minimum absolute atomic E-state index is 0.00594. The van der Waals surface area contributed by atoms with Crippen molar-refractivity contribution in [2.45, 2.75) is 6.42 Å². The second kappa shape index (κ2) is 8.22. The van der Waals surface area contributed by atoms with Gasteiger partial charge in [0.1, 0.15) is 0 Å². The molecule has 2 N–H and O–H groups in total. The van der Waals surface area contributed by atoms with Gasteiger partial charge >= 0.3 is 0 Å². The van der Waals surface area contributed by atoms with Crippen LogP contribution in [0.4, 0.5) is 0 Å². The predicted octanol–water partition coefficient (Wildman–Crippen LogP) is 1.12. The molecular formula is C12H16BrNO3. The molecule has 4 nitrogen and oxygen atoms in total. The molecule has 17 heavy (non-hydrogen) atoms. The maximum absolute atomic E-state index is 11.5. The van der Waals surface area contributed by atoms with E-state index in [0.29, 0.717) is 26.2 Å². The Labute approximate surface area is 109 Å². The summed E-state index contributed by atoms with van der Waals surface area (Å²) in [5.41, 5.74) is 0.966. The summed E-state index contributed by atoms with van der Waals surface area (Å²) in [7, 11) is 0. The summed E-state index contributed by atoms with van der Waals surface area (Å²) in [6.07, 6.45) is 0.361. The zero-order valence-corrected chi connectivity index (χ0v) is 11.1. The number of nitrogens with one attached hydrogen (secondary N) is 1. The van der Waals surface area contributed by atoms with Gasteiger partial charge in [-0.25, -0.2) is 0 Å². The van der Waals surface area contributed by atoms with E-state index in [4.69, 9.17) is 9.84 Å². The molecule has 0 heterocycles. The molecule has 5 heteroatoms. The van der Waals surface area contributed by atoms with E-state index in [9.17, 15) is 4.79 Å². The number of amides is 1. The molecule has 1 amide bonds. The number of hydrogen-bond acceptors (Lipinski definition) is 3. The van der Waals surface area contributed by atoms with Crippen LogP contribution in [0.25, 0.3) is 0 Å². The summed E-state index contributed by atoms with van der Waals surface area (Å²) < 4.78 is 6.00. The molecule has 0 bridgehead atoms. The van der Waals surface area contributed by atoms with E-state index in [1.807, 2.05) is 24.3 Å². The maximum Gasteiger partial charge on any atom is 0.224 e. The summed E-state index contributed by atoms with van der Waals surface area (Å²) in [6.45, 7) is 1.20. The van der Waals surface area contributed by atoms with Gasteiger partial charge in [-0.05, 0) is 17.7 Å². The van der Waals surface area contributed by atoms with Crippen LogP contribution < -0.4 is 5.32 Å². The number of aliphatic hydroxyl groups is 1. The van der Waals surface area contributed by atoms with E-state index in [2.05, 4.69) is 21.2 Å². The first-order valence-electron chi connectivity index (χ1n) is 5.42. The maximum atomic E-state index is 11.5. The third-order valence-electron chi connectivity index (χ3n) is 2.06. The van der Waals surface area contributed by atoms with Crippen LogP contribution >= 0.6 is 15.9 Å². The van der Waals surface area contributed by atoms with Crippen molar-refractivity contribution in [3.05, 3.63) is 34.3 Å². The van der Waals surface area contributed by atoms with E-state index in [-0.39, 0.29) is 12.5 Å².